The van der Waals surface area contributed by atoms with Crippen LogP contribution in [0, 0.1) is 0 Å². The van der Waals surface area contributed by atoms with Gasteiger partial charge in [-0.15, -0.1) is 0 Å². The van der Waals surface area contributed by atoms with Crippen LogP contribution in [0.4, 0.5) is 0 Å². The molecule has 0 saturated carbocycles. The number of fused-ring (bicyclic) bond motifs is 1. The van der Waals surface area contributed by atoms with Gasteiger partial charge < -0.3 is 4.74 Å². The highest BCUT2D eigenvalue weighted by atomic mass is 35.5. The maximum Gasteiger partial charge on any atom is 0.243 e. The van der Waals surface area contributed by atoms with Crippen molar-refractivity contribution in [2.45, 2.75) is 29.9 Å². The van der Waals surface area contributed by atoms with E-state index in [0.717, 1.165) is 13.1 Å². The number of rotatable bonds is 4. The number of halogens is 1. The van der Waals surface area contributed by atoms with E-state index in [1.54, 1.807) is 0 Å². The van der Waals surface area contributed by atoms with Gasteiger partial charge in [-0.1, -0.05) is 11.6 Å². The number of morpholine rings is 1. The van der Waals surface area contributed by atoms with Crippen LogP contribution in [-0.4, -0.2) is 56.7 Å². The van der Waals surface area contributed by atoms with Crippen molar-refractivity contribution in [3.05, 3.63) is 23.5 Å². The van der Waals surface area contributed by atoms with Crippen LogP contribution >= 0.6 is 11.6 Å². The van der Waals surface area contributed by atoms with Gasteiger partial charge in [-0.2, -0.15) is 0 Å². The Hall–Kier alpha value is -0.730. The molecule has 2 unspecified atom stereocenters. The summed E-state index contributed by atoms with van der Waals surface area (Å²) in [6.07, 6.45) is 4.95. The van der Waals surface area contributed by atoms with Gasteiger partial charge in [-0.25, -0.2) is 13.1 Å². The zero-order valence-electron chi connectivity index (χ0n) is 11.5. The molecule has 1 aromatic rings. The van der Waals surface area contributed by atoms with Crippen LogP contribution in [0.15, 0.2) is 23.4 Å². The molecule has 2 aliphatic rings. The molecule has 116 valence electrons. The molecule has 2 saturated heterocycles. The second-order valence-electron chi connectivity index (χ2n) is 5.40. The molecule has 0 aliphatic carbocycles. The lowest BCUT2D eigenvalue weighted by Crippen LogP contribution is -2.50. The van der Waals surface area contributed by atoms with E-state index in [0.29, 0.717) is 12.6 Å². The highest BCUT2D eigenvalue weighted by Crippen LogP contribution is 2.23. The Morgan fingerprint density at radius 3 is 3.19 bits per heavy atom. The topological polar surface area (TPSA) is 71.5 Å². The van der Waals surface area contributed by atoms with Crippen LogP contribution in [0.5, 0.6) is 0 Å². The zero-order chi connectivity index (χ0) is 14.9. The number of pyridine rings is 1. The third-order valence-electron chi connectivity index (χ3n) is 3.99. The molecule has 1 aromatic heterocycles. The quantitative estimate of drug-likeness (QED) is 0.886. The van der Waals surface area contributed by atoms with Crippen molar-refractivity contribution >= 4 is 21.6 Å². The molecular weight excluding hydrogens is 314 g/mol. The van der Waals surface area contributed by atoms with E-state index in [1.165, 1.54) is 31.3 Å². The molecule has 0 bridgehead atoms. The normalized spacial score (nSPS) is 26.7. The van der Waals surface area contributed by atoms with Gasteiger partial charge in [0.1, 0.15) is 4.90 Å². The first kappa shape index (κ1) is 15.2. The number of nitrogens with one attached hydrogen (secondary N) is 1. The monoisotopic (exact) mass is 331 g/mol. The summed E-state index contributed by atoms with van der Waals surface area (Å²) in [6.45, 7) is 2.77. The van der Waals surface area contributed by atoms with E-state index >= 15 is 0 Å². The predicted molar refractivity (Wildman–Crippen MR) is 78.8 cm³/mol. The van der Waals surface area contributed by atoms with Crippen LogP contribution in [0.1, 0.15) is 12.8 Å². The van der Waals surface area contributed by atoms with Crippen LogP contribution < -0.4 is 4.72 Å². The Bertz CT molecular complexity index is 610. The Morgan fingerprint density at radius 1 is 1.52 bits per heavy atom. The third kappa shape index (κ3) is 3.37. The first-order valence-corrected chi connectivity index (χ1v) is 8.87. The first-order valence-electron chi connectivity index (χ1n) is 7.01. The van der Waals surface area contributed by atoms with Crippen LogP contribution in [-0.2, 0) is 14.8 Å². The summed E-state index contributed by atoms with van der Waals surface area (Å²) in [4.78, 5) is 6.18. The van der Waals surface area contributed by atoms with Gasteiger partial charge >= 0.3 is 0 Å². The number of hydrogen-bond donors (Lipinski definition) is 1. The maximum atomic E-state index is 12.2. The summed E-state index contributed by atoms with van der Waals surface area (Å²) in [5.74, 6) is 0. The predicted octanol–water partition coefficient (Wildman–Crippen LogP) is 0.877. The summed E-state index contributed by atoms with van der Waals surface area (Å²) in [5.41, 5.74) is 0. The van der Waals surface area contributed by atoms with Crippen molar-refractivity contribution in [2.24, 2.45) is 0 Å². The molecular formula is C13H18ClN3O3S. The van der Waals surface area contributed by atoms with Gasteiger partial charge in [-0.05, 0) is 25.5 Å². The van der Waals surface area contributed by atoms with Gasteiger partial charge in [0.2, 0.25) is 10.0 Å². The van der Waals surface area contributed by atoms with Crippen LogP contribution in [0.3, 0.4) is 0 Å². The lowest BCUT2D eigenvalue weighted by atomic mass is 10.2. The highest BCUT2D eigenvalue weighted by Gasteiger charge is 2.32. The molecule has 0 aromatic carbocycles. The van der Waals surface area contributed by atoms with Crippen molar-refractivity contribution in [1.82, 2.24) is 14.6 Å². The van der Waals surface area contributed by atoms with E-state index in [4.69, 9.17) is 16.3 Å². The summed E-state index contributed by atoms with van der Waals surface area (Å²) < 4.78 is 32.7. The third-order valence-corrected chi connectivity index (χ3v) is 5.88. The minimum atomic E-state index is -3.66. The molecule has 1 N–H and O–H groups in total. The minimum absolute atomic E-state index is 0.00141. The van der Waals surface area contributed by atoms with Crippen LogP contribution in [0.2, 0.25) is 5.02 Å². The number of sulfonamides is 1. The lowest BCUT2D eigenvalue weighted by molar-refractivity contribution is -0.0449. The van der Waals surface area contributed by atoms with Crippen LogP contribution in [0.25, 0.3) is 0 Å². The molecule has 2 fully saturated rings. The molecule has 8 heteroatoms. The Kier molecular flexibility index (Phi) is 4.46. The van der Waals surface area contributed by atoms with E-state index in [9.17, 15) is 8.42 Å². The van der Waals surface area contributed by atoms with Crippen molar-refractivity contribution in [1.29, 1.82) is 0 Å². The molecule has 0 spiro atoms. The van der Waals surface area contributed by atoms with Gasteiger partial charge in [-0.3, -0.25) is 9.88 Å². The fourth-order valence-electron chi connectivity index (χ4n) is 2.85. The minimum Gasteiger partial charge on any atom is -0.374 e. The number of ether oxygens (including phenoxy) is 1. The summed E-state index contributed by atoms with van der Waals surface area (Å²) in [6, 6.07) is 1.97. The highest BCUT2D eigenvalue weighted by molar-refractivity contribution is 7.89. The molecule has 2 aliphatic heterocycles. The van der Waals surface area contributed by atoms with E-state index < -0.39 is 10.0 Å². The van der Waals surface area contributed by atoms with Crippen molar-refractivity contribution < 1.29 is 13.2 Å². The van der Waals surface area contributed by atoms with Gasteiger partial charge in [0.25, 0.3) is 0 Å². The molecule has 3 heterocycles. The Labute approximate surface area is 129 Å². The fraction of sp³-hybridized carbons (Fsp3) is 0.615. The first-order chi connectivity index (χ1) is 10.1. The van der Waals surface area contributed by atoms with Gasteiger partial charge in [0.05, 0.1) is 17.7 Å². The second-order valence-corrected chi connectivity index (χ2v) is 7.55. The van der Waals surface area contributed by atoms with Crippen molar-refractivity contribution in [3.8, 4) is 0 Å². The standard InChI is InChI=1S/C13H18ClN3O3S/c14-12-3-4-15-7-13(12)21(18,19)16-6-11-8-17-5-1-2-10(17)9-20-11/h3-4,7,10-11,16H,1-2,5-6,8-9H2. The zero-order valence-corrected chi connectivity index (χ0v) is 13.1. The SMILES string of the molecule is O=S(=O)(NCC1CN2CCCC2CO1)c1cnccc1Cl. The van der Waals surface area contributed by atoms with Gasteiger partial charge in [0.15, 0.2) is 0 Å². The summed E-state index contributed by atoms with van der Waals surface area (Å²) in [5, 5.41) is 0.168. The van der Waals surface area contributed by atoms with E-state index in [1.807, 2.05) is 0 Å². The number of hydrogen-bond acceptors (Lipinski definition) is 5. The lowest BCUT2D eigenvalue weighted by Gasteiger charge is -2.35. The molecule has 3 rings (SSSR count). The molecule has 0 amide bonds. The molecule has 21 heavy (non-hydrogen) atoms. The van der Waals surface area contributed by atoms with Crippen molar-refractivity contribution in [3.63, 3.8) is 0 Å². The average molecular weight is 332 g/mol. The summed E-state index contributed by atoms with van der Waals surface area (Å²) in [7, 11) is -3.66. The Balaban J connectivity index is 1.61. The van der Waals surface area contributed by atoms with E-state index in [2.05, 4.69) is 14.6 Å². The molecule has 0 radical (unpaired) electrons. The number of nitrogens with zero attached hydrogens (tertiary/aromatic N) is 2. The second kappa shape index (κ2) is 6.18. The summed E-state index contributed by atoms with van der Waals surface area (Å²) >= 11 is 5.90. The molecule has 6 nitrogen and oxygen atoms in total. The molecule has 2 atom stereocenters. The van der Waals surface area contributed by atoms with Crippen molar-refractivity contribution in [2.75, 3.05) is 26.2 Å². The smallest absolute Gasteiger partial charge is 0.243 e. The Morgan fingerprint density at radius 2 is 2.38 bits per heavy atom. The van der Waals surface area contributed by atoms with E-state index in [-0.39, 0.29) is 22.6 Å². The maximum absolute atomic E-state index is 12.2. The average Bonchev–Trinajstić information content (AvgIpc) is 2.93. The largest absolute Gasteiger partial charge is 0.374 e. The van der Waals surface area contributed by atoms with Gasteiger partial charge in [0, 0.05) is 31.5 Å². The fourth-order valence-corrected chi connectivity index (χ4v) is 4.35. The number of aromatic nitrogens is 1.